The number of carbonyl (C=O) groups is 2. The summed E-state index contributed by atoms with van der Waals surface area (Å²) < 4.78 is 0. The SMILES string of the molecule is Cc1ccc(-c2cc(C(=O)N(C)CC(=O)Nc3c(C)cccc3C)c3ccccc3n2)c(C)c1. The Hall–Kier alpha value is -3.99. The van der Waals surface area contributed by atoms with E-state index in [-0.39, 0.29) is 18.4 Å². The molecule has 0 saturated carbocycles. The molecule has 5 nitrogen and oxygen atoms in total. The number of carbonyl (C=O) groups excluding carboxylic acids is 2. The van der Waals surface area contributed by atoms with Crippen LogP contribution in [0.2, 0.25) is 0 Å². The predicted octanol–water partition coefficient (Wildman–Crippen LogP) is 5.85. The molecular weight excluding hydrogens is 422 g/mol. The highest BCUT2D eigenvalue weighted by atomic mass is 16.2. The Morgan fingerprint density at radius 3 is 2.26 bits per heavy atom. The van der Waals surface area contributed by atoms with Crippen LogP contribution in [0, 0.1) is 27.7 Å². The Morgan fingerprint density at radius 1 is 0.853 bits per heavy atom. The average Bonchev–Trinajstić information content (AvgIpc) is 2.80. The van der Waals surface area contributed by atoms with Crippen LogP contribution in [0.3, 0.4) is 0 Å². The number of pyridine rings is 1. The molecule has 1 N–H and O–H groups in total. The molecule has 172 valence electrons. The maximum Gasteiger partial charge on any atom is 0.254 e. The zero-order valence-electron chi connectivity index (χ0n) is 20.3. The van der Waals surface area contributed by atoms with Crippen LogP contribution in [0.25, 0.3) is 22.2 Å². The Kier molecular flexibility index (Phi) is 6.46. The van der Waals surface area contributed by atoms with E-state index >= 15 is 0 Å². The molecule has 0 fully saturated rings. The summed E-state index contributed by atoms with van der Waals surface area (Å²) in [6, 6.07) is 21.5. The predicted molar refractivity (Wildman–Crippen MR) is 138 cm³/mol. The van der Waals surface area contributed by atoms with E-state index in [1.165, 1.54) is 10.5 Å². The van der Waals surface area contributed by atoms with Crippen LogP contribution in [0.1, 0.15) is 32.6 Å². The number of benzene rings is 3. The second-order valence-electron chi connectivity index (χ2n) is 8.87. The molecule has 5 heteroatoms. The summed E-state index contributed by atoms with van der Waals surface area (Å²) in [4.78, 5) is 32.6. The van der Waals surface area contributed by atoms with Gasteiger partial charge in [0.25, 0.3) is 5.91 Å². The van der Waals surface area contributed by atoms with Crippen molar-refractivity contribution < 1.29 is 9.59 Å². The van der Waals surface area contributed by atoms with Gasteiger partial charge < -0.3 is 10.2 Å². The summed E-state index contributed by atoms with van der Waals surface area (Å²) in [7, 11) is 1.65. The van der Waals surface area contributed by atoms with Gasteiger partial charge in [0.2, 0.25) is 5.91 Å². The van der Waals surface area contributed by atoms with Gasteiger partial charge in [0.1, 0.15) is 0 Å². The Balaban J connectivity index is 1.65. The quantitative estimate of drug-likeness (QED) is 0.414. The first-order chi connectivity index (χ1) is 16.2. The summed E-state index contributed by atoms with van der Waals surface area (Å²) in [5.74, 6) is -0.456. The van der Waals surface area contributed by atoms with E-state index in [1.807, 2.05) is 81.4 Å². The molecule has 4 aromatic rings. The van der Waals surface area contributed by atoms with Gasteiger partial charge in [-0.25, -0.2) is 4.98 Å². The largest absolute Gasteiger partial charge is 0.332 e. The first-order valence-corrected chi connectivity index (χ1v) is 11.3. The molecule has 0 saturated heterocycles. The monoisotopic (exact) mass is 451 g/mol. The molecule has 0 bridgehead atoms. The van der Waals surface area contributed by atoms with Crippen molar-refractivity contribution >= 4 is 28.4 Å². The molecule has 2 amide bonds. The highest BCUT2D eigenvalue weighted by molar-refractivity contribution is 6.08. The van der Waals surface area contributed by atoms with Crippen LogP contribution in [0.5, 0.6) is 0 Å². The Labute approximate surface area is 200 Å². The molecule has 34 heavy (non-hydrogen) atoms. The minimum Gasteiger partial charge on any atom is -0.332 e. The maximum absolute atomic E-state index is 13.5. The van der Waals surface area contributed by atoms with Crippen molar-refractivity contribution in [2.24, 2.45) is 0 Å². The van der Waals surface area contributed by atoms with Crippen molar-refractivity contribution in [2.45, 2.75) is 27.7 Å². The summed E-state index contributed by atoms with van der Waals surface area (Å²) in [5.41, 5.74) is 8.05. The number of hydrogen-bond donors (Lipinski definition) is 1. The van der Waals surface area contributed by atoms with Crippen molar-refractivity contribution in [2.75, 3.05) is 18.9 Å². The zero-order chi connectivity index (χ0) is 24.4. The van der Waals surface area contributed by atoms with E-state index in [9.17, 15) is 9.59 Å². The lowest BCUT2D eigenvalue weighted by Gasteiger charge is -2.20. The molecule has 0 atom stereocenters. The summed E-state index contributed by atoms with van der Waals surface area (Å²) in [6.07, 6.45) is 0. The Morgan fingerprint density at radius 2 is 1.56 bits per heavy atom. The molecular formula is C29H29N3O2. The van der Waals surface area contributed by atoms with Crippen molar-refractivity contribution in [1.29, 1.82) is 0 Å². The third-order valence-electron chi connectivity index (χ3n) is 6.08. The van der Waals surface area contributed by atoms with Crippen LogP contribution in [-0.4, -0.2) is 35.3 Å². The number of aryl methyl sites for hydroxylation is 4. The molecule has 1 aromatic heterocycles. The minimum absolute atomic E-state index is 0.0534. The molecule has 0 aliphatic heterocycles. The van der Waals surface area contributed by atoms with Crippen LogP contribution >= 0.6 is 0 Å². The topological polar surface area (TPSA) is 62.3 Å². The van der Waals surface area contributed by atoms with Gasteiger partial charge in [-0.05, 0) is 56.5 Å². The van der Waals surface area contributed by atoms with Crippen LogP contribution < -0.4 is 5.32 Å². The number of hydrogen-bond acceptors (Lipinski definition) is 3. The van der Waals surface area contributed by atoms with Crippen molar-refractivity contribution in [3.63, 3.8) is 0 Å². The maximum atomic E-state index is 13.5. The molecule has 1 heterocycles. The second kappa shape index (κ2) is 9.48. The zero-order valence-corrected chi connectivity index (χ0v) is 20.3. The normalized spacial score (nSPS) is 10.9. The van der Waals surface area contributed by atoms with Crippen molar-refractivity contribution in [3.8, 4) is 11.3 Å². The summed E-state index contributed by atoms with van der Waals surface area (Å²) in [6.45, 7) is 7.95. The number of fused-ring (bicyclic) bond motifs is 1. The van der Waals surface area contributed by atoms with Gasteiger partial charge in [0.15, 0.2) is 0 Å². The lowest BCUT2D eigenvalue weighted by molar-refractivity contribution is -0.116. The van der Waals surface area contributed by atoms with E-state index in [2.05, 4.69) is 18.3 Å². The van der Waals surface area contributed by atoms with Crippen molar-refractivity contribution in [1.82, 2.24) is 9.88 Å². The van der Waals surface area contributed by atoms with Gasteiger partial charge in [-0.1, -0.05) is 60.2 Å². The number of anilines is 1. The van der Waals surface area contributed by atoms with Gasteiger partial charge in [0.05, 0.1) is 23.3 Å². The Bertz CT molecular complexity index is 1390. The molecule has 0 spiro atoms. The fourth-order valence-corrected chi connectivity index (χ4v) is 4.27. The number of nitrogens with one attached hydrogen (secondary N) is 1. The minimum atomic E-state index is -0.235. The van der Waals surface area contributed by atoms with Crippen LogP contribution in [-0.2, 0) is 4.79 Å². The average molecular weight is 452 g/mol. The lowest BCUT2D eigenvalue weighted by atomic mass is 9.99. The summed E-state index contributed by atoms with van der Waals surface area (Å²) >= 11 is 0. The first kappa shape index (κ1) is 23.2. The lowest BCUT2D eigenvalue weighted by Crippen LogP contribution is -2.35. The van der Waals surface area contributed by atoms with E-state index < -0.39 is 0 Å². The van der Waals surface area contributed by atoms with Gasteiger partial charge in [0, 0.05) is 23.7 Å². The molecule has 0 radical (unpaired) electrons. The second-order valence-corrected chi connectivity index (χ2v) is 8.87. The third kappa shape index (κ3) is 4.69. The fourth-order valence-electron chi connectivity index (χ4n) is 4.27. The molecule has 4 rings (SSSR count). The van der Waals surface area contributed by atoms with E-state index in [1.54, 1.807) is 7.05 Å². The number of para-hydroxylation sites is 2. The van der Waals surface area contributed by atoms with Crippen molar-refractivity contribution in [3.05, 3.63) is 94.5 Å². The standard InChI is InChI=1S/C29H29N3O2/c1-18-13-14-22(21(4)15-18)26-16-24(23-11-6-7-12-25(23)30-26)29(34)32(5)17-27(33)31-28-19(2)9-8-10-20(28)3/h6-16H,17H2,1-5H3,(H,31,33). The van der Waals surface area contributed by atoms with E-state index in [0.29, 0.717) is 5.56 Å². The van der Waals surface area contributed by atoms with Gasteiger partial charge in [-0.15, -0.1) is 0 Å². The van der Waals surface area contributed by atoms with Gasteiger partial charge in [-0.3, -0.25) is 9.59 Å². The number of amides is 2. The number of rotatable bonds is 5. The van der Waals surface area contributed by atoms with E-state index in [4.69, 9.17) is 4.98 Å². The van der Waals surface area contributed by atoms with Crippen LogP contribution in [0.15, 0.2) is 66.7 Å². The number of aromatic nitrogens is 1. The molecule has 0 aliphatic carbocycles. The molecule has 0 unspecified atom stereocenters. The molecule has 0 aliphatic rings. The third-order valence-corrected chi connectivity index (χ3v) is 6.08. The van der Waals surface area contributed by atoms with Gasteiger partial charge >= 0.3 is 0 Å². The number of nitrogens with zero attached hydrogens (tertiary/aromatic N) is 2. The highest BCUT2D eigenvalue weighted by Gasteiger charge is 2.20. The smallest absolute Gasteiger partial charge is 0.254 e. The highest BCUT2D eigenvalue weighted by Crippen LogP contribution is 2.28. The first-order valence-electron chi connectivity index (χ1n) is 11.3. The van der Waals surface area contributed by atoms with Gasteiger partial charge in [-0.2, -0.15) is 0 Å². The number of likely N-dealkylation sites (N-methyl/N-ethyl adjacent to an activating group) is 1. The fraction of sp³-hybridized carbons (Fsp3) is 0.207. The van der Waals surface area contributed by atoms with Crippen LogP contribution in [0.4, 0.5) is 5.69 Å². The summed E-state index contributed by atoms with van der Waals surface area (Å²) in [5, 5.41) is 3.72. The van der Waals surface area contributed by atoms with E-state index in [0.717, 1.165) is 44.5 Å². The molecule has 3 aromatic carbocycles.